The molecular weight excluding hydrogens is 294 g/mol. The van der Waals surface area contributed by atoms with E-state index in [1.54, 1.807) is 0 Å². The van der Waals surface area contributed by atoms with Crippen molar-refractivity contribution < 1.29 is 4.79 Å². The number of benzene rings is 1. The zero-order chi connectivity index (χ0) is 16.5. The molecule has 0 aliphatic rings. The number of nitrogens with one attached hydrogen (secondary N) is 3. The summed E-state index contributed by atoms with van der Waals surface area (Å²) >= 11 is 5.32. The normalized spacial score (nSPS) is 12.1. The topological polar surface area (TPSA) is 53.2 Å². The van der Waals surface area contributed by atoms with Gasteiger partial charge in [-0.3, -0.25) is 4.79 Å². The molecule has 0 spiro atoms. The predicted molar refractivity (Wildman–Crippen MR) is 96.9 cm³/mol. The molecule has 0 aliphatic carbocycles. The second-order valence-corrected chi connectivity index (χ2v) is 6.69. The summed E-state index contributed by atoms with van der Waals surface area (Å²) < 4.78 is 0. The second-order valence-electron chi connectivity index (χ2n) is 6.29. The molecule has 3 N–H and O–H groups in total. The van der Waals surface area contributed by atoms with Crippen LogP contribution >= 0.6 is 12.2 Å². The van der Waals surface area contributed by atoms with Crippen LogP contribution in [0, 0.1) is 11.8 Å². The van der Waals surface area contributed by atoms with E-state index in [2.05, 4.69) is 43.6 Å². The first-order valence-corrected chi connectivity index (χ1v) is 8.19. The van der Waals surface area contributed by atoms with Gasteiger partial charge in [-0.1, -0.05) is 45.9 Å². The molecule has 22 heavy (non-hydrogen) atoms. The Balaban J connectivity index is 2.59. The predicted octanol–water partition coefficient (Wildman–Crippen LogP) is 3.16. The van der Waals surface area contributed by atoms with Crippen LogP contribution in [0.25, 0.3) is 0 Å². The van der Waals surface area contributed by atoms with Gasteiger partial charge in [0.1, 0.15) is 6.04 Å². The Bertz CT molecular complexity index is 474. The molecule has 0 bridgehead atoms. The largest absolute Gasteiger partial charge is 0.354 e. The summed E-state index contributed by atoms with van der Waals surface area (Å²) in [6.45, 7) is 9.02. The molecule has 5 heteroatoms. The fourth-order valence-electron chi connectivity index (χ4n) is 1.98. The third-order valence-corrected chi connectivity index (χ3v) is 3.27. The average Bonchev–Trinajstić information content (AvgIpc) is 2.44. The lowest BCUT2D eigenvalue weighted by Gasteiger charge is -2.22. The number of hydrogen-bond donors (Lipinski definition) is 3. The fraction of sp³-hybridized carbons (Fsp3) is 0.529. The summed E-state index contributed by atoms with van der Waals surface area (Å²) in [5.41, 5.74) is 0.908. The van der Waals surface area contributed by atoms with Gasteiger partial charge in [-0.05, 0) is 42.6 Å². The van der Waals surface area contributed by atoms with Crippen molar-refractivity contribution in [2.75, 3.05) is 11.9 Å². The Kier molecular flexibility index (Phi) is 7.88. The summed E-state index contributed by atoms with van der Waals surface area (Å²) in [6, 6.07) is 9.37. The lowest BCUT2D eigenvalue weighted by molar-refractivity contribution is -0.123. The number of anilines is 1. The number of hydrogen-bond acceptors (Lipinski definition) is 2. The number of carbonyl (C=O) groups excluding carboxylic acids is 1. The van der Waals surface area contributed by atoms with E-state index in [9.17, 15) is 4.79 Å². The van der Waals surface area contributed by atoms with Gasteiger partial charge in [0.2, 0.25) is 5.91 Å². The number of amides is 1. The molecule has 0 aliphatic heterocycles. The van der Waals surface area contributed by atoms with Crippen LogP contribution in [0.15, 0.2) is 30.3 Å². The molecule has 4 nitrogen and oxygen atoms in total. The summed E-state index contributed by atoms with van der Waals surface area (Å²) in [5.74, 6) is 0.833. The van der Waals surface area contributed by atoms with Crippen molar-refractivity contribution in [3.8, 4) is 0 Å². The van der Waals surface area contributed by atoms with Crippen molar-refractivity contribution in [2.45, 2.75) is 40.2 Å². The number of thiocarbonyl (C=S) groups is 1. The average molecular weight is 321 g/mol. The molecule has 0 aromatic heterocycles. The van der Waals surface area contributed by atoms with Gasteiger partial charge >= 0.3 is 0 Å². The first-order valence-electron chi connectivity index (χ1n) is 7.78. The van der Waals surface area contributed by atoms with E-state index in [1.165, 1.54) is 0 Å². The lowest BCUT2D eigenvalue weighted by Crippen LogP contribution is -2.49. The molecule has 1 unspecified atom stereocenters. The molecule has 0 saturated heterocycles. The van der Waals surface area contributed by atoms with Gasteiger partial charge in [0.05, 0.1) is 0 Å². The van der Waals surface area contributed by atoms with Crippen LogP contribution in [0.2, 0.25) is 0 Å². The van der Waals surface area contributed by atoms with E-state index in [1.807, 2.05) is 30.3 Å². The van der Waals surface area contributed by atoms with Crippen molar-refractivity contribution in [2.24, 2.45) is 11.8 Å². The standard InChI is InChI=1S/C17H27N3OS/c1-12(2)10-15(16(21)18-11-13(3)4)20-17(22)19-14-8-6-5-7-9-14/h5-9,12-13,15H,10-11H2,1-4H3,(H,18,21)(H2,19,20,22). The van der Waals surface area contributed by atoms with Crippen LogP contribution in [0.4, 0.5) is 5.69 Å². The summed E-state index contributed by atoms with van der Waals surface area (Å²) in [5, 5.41) is 9.67. The molecule has 1 atom stereocenters. The first kappa shape index (κ1) is 18.4. The Morgan fingerprint density at radius 2 is 1.73 bits per heavy atom. The highest BCUT2D eigenvalue weighted by atomic mass is 32.1. The molecule has 122 valence electrons. The van der Waals surface area contributed by atoms with E-state index in [-0.39, 0.29) is 11.9 Å². The molecule has 0 radical (unpaired) electrons. The summed E-state index contributed by atoms with van der Waals surface area (Å²) in [4.78, 5) is 12.3. The van der Waals surface area contributed by atoms with E-state index >= 15 is 0 Å². The minimum absolute atomic E-state index is 0.000360. The molecule has 0 fully saturated rings. The second kappa shape index (κ2) is 9.41. The van der Waals surface area contributed by atoms with Gasteiger partial charge in [-0.2, -0.15) is 0 Å². The summed E-state index contributed by atoms with van der Waals surface area (Å²) in [7, 11) is 0. The van der Waals surface area contributed by atoms with Crippen molar-refractivity contribution in [3.05, 3.63) is 30.3 Å². The molecule has 0 heterocycles. The maximum atomic E-state index is 12.3. The fourth-order valence-corrected chi connectivity index (χ4v) is 2.24. The van der Waals surface area contributed by atoms with Crippen molar-refractivity contribution >= 4 is 28.9 Å². The van der Waals surface area contributed by atoms with Gasteiger partial charge in [0.25, 0.3) is 0 Å². The zero-order valence-electron chi connectivity index (χ0n) is 13.8. The van der Waals surface area contributed by atoms with Crippen LogP contribution in [-0.4, -0.2) is 23.6 Å². The van der Waals surface area contributed by atoms with Crippen molar-refractivity contribution in [1.82, 2.24) is 10.6 Å². The van der Waals surface area contributed by atoms with Gasteiger partial charge in [0, 0.05) is 12.2 Å². The molecule has 0 saturated carbocycles. The number of para-hydroxylation sites is 1. The number of rotatable bonds is 7. The minimum Gasteiger partial charge on any atom is -0.354 e. The Labute approximate surface area is 139 Å². The number of carbonyl (C=O) groups is 1. The maximum absolute atomic E-state index is 12.3. The smallest absolute Gasteiger partial charge is 0.242 e. The van der Waals surface area contributed by atoms with E-state index in [4.69, 9.17) is 12.2 Å². The molecule has 1 rings (SSSR count). The van der Waals surface area contributed by atoms with Crippen LogP contribution < -0.4 is 16.0 Å². The van der Waals surface area contributed by atoms with Crippen LogP contribution in [0.5, 0.6) is 0 Å². The van der Waals surface area contributed by atoms with E-state index in [0.29, 0.717) is 23.5 Å². The Morgan fingerprint density at radius 1 is 1.09 bits per heavy atom. The maximum Gasteiger partial charge on any atom is 0.242 e. The highest BCUT2D eigenvalue weighted by molar-refractivity contribution is 7.80. The van der Waals surface area contributed by atoms with Crippen LogP contribution in [0.1, 0.15) is 34.1 Å². The quantitative estimate of drug-likeness (QED) is 0.675. The SMILES string of the molecule is CC(C)CNC(=O)C(CC(C)C)NC(=S)Nc1ccccc1. The van der Waals surface area contributed by atoms with Gasteiger partial charge in [-0.15, -0.1) is 0 Å². The first-order chi connectivity index (χ1) is 10.4. The molecule has 1 aromatic carbocycles. The van der Waals surface area contributed by atoms with Crippen LogP contribution in [0.3, 0.4) is 0 Å². The molecule has 1 amide bonds. The lowest BCUT2D eigenvalue weighted by atomic mass is 10.0. The monoisotopic (exact) mass is 321 g/mol. The molecular formula is C17H27N3OS. The van der Waals surface area contributed by atoms with E-state index < -0.39 is 0 Å². The third kappa shape index (κ3) is 7.41. The van der Waals surface area contributed by atoms with E-state index in [0.717, 1.165) is 12.1 Å². The Morgan fingerprint density at radius 3 is 2.27 bits per heavy atom. The highest BCUT2D eigenvalue weighted by Crippen LogP contribution is 2.08. The van der Waals surface area contributed by atoms with Gasteiger partial charge in [-0.25, -0.2) is 0 Å². The molecule has 1 aromatic rings. The van der Waals surface area contributed by atoms with Gasteiger partial charge in [0.15, 0.2) is 5.11 Å². The van der Waals surface area contributed by atoms with Gasteiger partial charge < -0.3 is 16.0 Å². The summed E-state index contributed by atoms with van der Waals surface area (Å²) in [6.07, 6.45) is 0.737. The minimum atomic E-state index is -0.317. The van der Waals surface area contributed by atoms with Crippen LogP contribution in [-0.2, 0) is 4.79 Å². The third-order valence-electron chi connectivity index (χ3n) is 3.05. The highest BCUT2D eigenvalue weighted by Gasteiger charge is 2.20. The van der Waals surface area contributed by atoms with Crippen molar-refractivity contribution in [3.63, 3.8) is 0 Å². The Hall–Kier alpha value is -1.62. The zero-order valence-corrected chi connectivity index (χ0v) is 14.7. The van der Waals surface area contributed by atoms with Crippen molar-refractivity contribution in [1.29, 1.82) is 0 Å².